The average molecular weight is 251 g/mol. The van der Waals surface area contributed by atoms with Crippen molar-refractivity contribution in [2.75, 3.05) is 0 Å². The summed E-state index contributed by atoms with van der Waals surface area (Å²) in [6.45, 7) is 12.0. The van der Waals surface area contributed by atoms with E-state index in [0.717, 1.165) is 6.54 Å². The van der Waals surface area contributed by atoms with E-state index in [-0.39, 0.29) is 5.54 Å². The molecular formula is C15H25NS. The highest BCUT2D eigenvalue weighted by atomic mass is 32.2. The van der Waals surface area contributed by atoms with Gasteiger partial charge in [0, 0.05) is 22.2 Å². The van der Waals surface area contributed by atoms with E-state index in [1.165, 1.54) is 16.9 Å². The minimum absolute atomic E-state index is 0.185. The monoisotopic (exact) mass is 251 g/mol. The van der Waals surface area contributed by atoms with Crippen molar-refractivity contribution in [3.63, 3.8) is 0 Å². The van der Waals surface area contributed by atoms with Gasteiger partial charge < -0.3 is 5.32 Å². The van der Waals surface area contributed by atoms with Crippen molar-refractivity contribution in [2.45, 2.75) is 63.3 Å². The number of hydrogen-bond donors (Lipinski definition) is 1. The molecule has 1 aromatic rings. The Labute approximate surface area is 110 Å². The third-order valence-electron chi connectivity index (χ3n) is 2.66. The van der Waals surface area contributed by atoms with Gasteiger partial charge in [0.15, 0.2) is 0 Å². The van der Waals surface area contributed by atoms with Gasteiger partial charge in [-0.15, -0.1) is 11.8 Å². The van der Waals surface area contributed by atoms with Crippen LogP contribution in [-0.2, 0) is 6.54 Å². The Balaban J connectivity index is 2.50. The van der Waals surface area contributed by atoms with Crippen LogP contribution in [-0.4, -0.2) is 10.8 Å². The average Bonchev–Trinajstić information content (AvgIpc) is 2.27. The van der Waals surface area contributed by atoms with Crippen molar-refractivity contribution < 1.29 is 0 Å². The fraction of sp³-hybridized carbons (Fsp3) is 0.600. The predicted molar refractivity (Wildman–Crippen MR) is 78.6 cm³/mol. The molecule has 1 atom stereocenters. The summed E-state index contributed by atoms with van der Waals surface area (Å²) in [5, 5.41) is 4.21. The van der Waals surface area contributed by atoms with Gasteiger partial charge in [0.1, 0.15) is 0 Å². The molecule has 0 aliphatic heterocycles. The van der Waals surface area contributed by atoms with E-state index in [2.05, 4.69) is 64.2 Å². The van der Waals surface area contributed by atoms with Crippen LogP contribution in [0.4, 0.5) is 0 Å². The number of hydrogen-bond acceptors (Lipinski definition) is 2. The van der Waals surface area contributed by atoms with Gasteiger partial charge in [0.05, 0.1) is 0 Å². The van der Waals surface area contributed by atoms with Crippen molar-refractivity contribution in [1.29, 1.82) is 0 Å². The maximum Gasteiger partial charge on any atom is 0.0210 e. The standard InChI is InChI=1S/C15H25NS/c1-6-12(2)17-14-9-7-13(8-10-14)11-16-15(3,4)5/h7-10,12,16H,6,11H2,1-5H3. The van der Waals surface area contributed by atoms with Gasteiger partial charge in [-0.3, -0.25) is 0 Å². The zero-order chi connectivity index (χ0) is 12.9. The van der Waals surface area contributed by atoms with E-state index in [1.807, 2.05) is 11.8 Å². The van der Waals surface area contributed by atoms with Crippen LogP contribution in [0.2, 0.25) is 0 Å². The first kappa shape index (κ1) is 14.6. The highest BCUT2D eigenvalue weighted by Crippen LogP contribution is 2.25. The van der Waals surface area contributed by atoms with Crippen LogP contribution in [0.15, 0.2) is 29.2 Å². The molecule has 0 amide bonds. The van der Waals surface area contributed by atoms with Crippen molar-refractivity contribution >= 4 is 11.8 Å². The third-order valence-corrected chi connectivity index (χ3v) is 3.94. The van der Waals surface area contributed by atoms with Crippen molar-refractivity contribution in [2.24, 2.45) is 0 Å². The van der Waals surface area contributed by atoms with Crippen molar-refractivity contribution in [3.8, 4) is 0 Å². The summed E-state index contributed by atoms with van der Waals surface area (Å²) < 4.78 is 0. The number of nitrogens with one attached hydrogen (secondary N) is 1. The quantitative estimate of drug-likeness (QED) is 0.775. The summed E-state index contributed by atoms with van der Waals surface area (Å²) in [6, 6.07) is 8.92. The van der Waals surface area contributed by atoms with Crippen LogP contribution in [0.3, 0.4) is 0 Å². The molecular weight excluding hydrogens is 226 g/mol. The zero-order valence-electron chi connectivity index (χ0n) is 11.7. The molecule has 1 aromatic carbocycles. The van der Waals surface area contributed by atoms with Gasteiger partial charge in [-0.05, 0) is 44.9 Å². The third kappa shape index (κ3) is 6.13. The molecule has 0 aromatic heterocycles. The van der Waals surface area contributed by atoms with E-state index in [0.29, 0.717) is 5.25 Å². The molecule has 0 spiro atoms. The van der Waals surface area contributed by atoms with E-state index >= 15 is 0 Å². The molecule has 0 bridgehead atoms. The molecule has 1 unspecified atom stereocenters. The Morgan fingerprint density at radius 3 is 2.24 bits per heavy atom. The Morgan fingerprint density at radius 1 is 1.18 bits per heavy atom. The van der Waals surface area contributed by atoms with Crippen LogP contribution >= 0.6 is 11.8 Å². The molecule has 0 saturated heterocycles. The summed E-state index contributed by atoms with van der Waals surface area (Å²) in [6.07, 6.45) is 1.22. The van der Waals surface area contributed by atoms with Crippen molar-refractivity contribution in [1.82, 2.24) is 5.32 Å². The van der Waals surface area contributed by atoms with E-state index in [4.69, 9.17) is 0 Å². The minimum atomic E-state index is 0.185. The Hall–Kier alpha value is -0.470. The van der Waals surface area contributed by atoms with Gasteiger partial charge in [0.2, 0.25) is 0 Å². The second-order valence-electron chi connectivity index (χ2n) is 5.58. The molecule has 1 nitrogen and oxygen atoms in total. The lowest BCUT2D eigenvalue weighted by Crippen LogP contribution is -2.35. The van der Waals surface area contributed by atoms with E-state index in [1.54, 1.807) is 0 Å². The fourth-order valence-electron chi connectivity index (χ4n) is 1.37. The molecule has 0 aliphatic rings. The molecule has 1 rings (SSSR count). The maximum atomic E-state index is 3.50. The van der Waals surface area contributed by atoms with Crippen LogP contribution in [0.1, 0.15) is 46.6 Å². The SMILES string of the molecule is CCC(C)Sc1ccc(CNC(C)(C)C)cc1. The number of rotatable bonds is 5. The molecule has 2 heteroatoms. The van der Waals surface area contributed by atoms with Gasteiger partial charge in [0.25, 0.3) is 0 Å². The highest BCUT2D eigenvalue weighted by Gasteiger charge is 2.08. The Morgan fingerprint density at radius 2 is 1.76 bits per heavy atom. The lowest BCUT2D eigenvalue weighted by atomic mass is 10.1. The van der Waals surface area contributed by atoms with Gasteiger partial charge >= 0.3 is 0 Å². The van der Waals surface area contributed by atoms with Crippen LogP contribution in [0, 0.1) is 0 Å². The second kappa shape index (κ2) is 6.46. The predicted octanol–water partition coefficient (Wildman–Crippen LogP) is 4.47. The lowest BCUT2D eigenvalue weighted by Gasteiger charge is -2.20. The fourth-order valence-corrected chi connectivity index (χ4v) is 2.29. The molecule has 0 saturated carbocycles. The summed E-state index contributed by atoms with van der Waals surface area (Å²) in [7, 11) is 0. The first-order chi connectivity index (χ1) is 7.90. The van der Waals surface area contributed by atoms with Gasteiger partial charge in [-0.1, -0.05) is 26.0 Å². The first-order valence-corrected chi connectivity index (χ1v) is 7.29. The molecule has 1 N–H and O–H groups in total. The zero-order valence-corrected chi connectivity index (χ0v) is 12.5. The number of thioether (sulfide) groups is 1. The smallest absolute Gasteiger partial charge is 0.0210 e. The Kier molecular flexibility index (Phi) is 5.54. The highest BCUT2D eigenvalue weighted by molar-refractivity contribution is 7.99. The molecule has 0 fully saturated rings. The van der Waals surface area contributed by atoms with E-state index < -0.39 is 0 Å². The molecule has 17 heavy (non-hydrogen) atoms. The molecule has 96 valence electrons. The summed E-state index contributed by atoms with van der Waals surface area (Å²) in [5.74, 6) is 0. The lowest BCUT2D eigenvalue weighted by molar-refractivity contribution is 0.424. The normalized spacial score (nSPS) is 13.7. The minimum Gasteiger partial charge on any atom is -0.308 e. The van der Waals surface area contributed by atoms with Gasteiger partial charge in [-0.2, -0.15) is 0 Å². The summed E-state index contributed by atoms with van der Waals surface area (Å²) in [5.41, 5.74) is 1.54. The largest absolute Gasteiger partial charge is 0.308 e. The summed E-state index contributed by atoms with van der Waals surface area (Å²) >= 11 is 1.96. The van der Waals surface area contributed by atoms with Crippen LogP contribution in [0.25, 0.3) is 0 Å². The molecule has 0 heterocycles. The second-order valence-corrected chi connectivity index (χ2v) is 7.10. The topological polar surface area (TPSA) is 12.0 Å². The van der Waals surface area contributed by atoms with Crippen LogP contribution in [0.5, 0.6) is 0 Å². The summed E-state index contributed by atoms with van der Waals surface area (Å²) in [4.78, 5) is 1.37. The number of benzene rings is 1. The van der Waals surface area contributed by atoms with Gasteiger partial charge in [-0.25, -0.2) is 0 Å². The molecule has 0 radical (unpaired) electrons. The van der Waals surface area contributed by atoms with E-state index in [9.17, 15) is 0 Å². The van der Waals surface area contributed by atoms with Crippen molar-refractivity contribution in [3.05, 3.63) is 29.8 Å². The van der Waals surface area contributed by atoms with Crippen LogP contribution < -0.4 is 5.32 Å². The first-order valence-electron chi connectivity index (χ1n) is 6.41. The Bertz CT molecular complexity index is 324. The molecule has 0 aliphatic carbocycles. The maximum absolute atomic E-state index is 3.50.